The molecular formula is C15H21N5O2S. The van der Waals surface area contributed by atoms with E-state index in [-0.39, 0.29) is 5.91 Å². The fourth-order valence-corrected chi connectivity index (χ4v) is 2.88. The van der Waals surface area contributed by atoms with Crippen molar-refractivity contribution in [3.63, 3.8) is 0 Å². The van der Waals surface area contributed by atoms with Crippen LogP contribution >= 0.6 is 11.8 Å². The zero-order chi connectivity index (χ0) is 16.7. The molecule has 0 aliphatic rings. The average molecular weight is 335 g/mol. The van der Waals surface area contributed by atoms with Crippen LogP contribution in [0.2, 0.25) is 0 Å². The maximum atomic E-state index is 12.1. The van der Waals surface area contributed by atoms with Gasteiger partial charge in [-0.25, -0.2) is 4.68 Å². The Balaban J connectivity index is 1.97. The SMILES string of the molecule is CCN(CC)C(=O)CSc1nnnn1Cc1ccc(OC)cc1. The van der Waals surface area contributed by atoms with Crippen molar-refractivity contribution < 1.29 is 9.53 Å². The minimum Gasteiger partial charge on any atom is -0.497 e. The Labute approximate surface area is 140 Å². The van der Waals surface area contributed by atoms with Gasteiger partial charge >= 0.3 is 0 Å². The standard InChI is InChI=1S/C15H21N5O2S/c1-4-19(5-2)14(21)11-23-15-16-17-18-20(15)10-12-6-8-13(22-3)9-7-12/h6-9H,4-5,10-11H2,1-3H3. The number of amides is 1. The summed E-state index contributed by atoms with van der Waals surface area (Å²) in [5.41, 5.74) is 1.06. The topological polar surface area (TPSA) is 73.1 Å². The fraction of sp³-hybridized carbons (Fsp3) is 0.467. The molecule has 1 aromatic carbocycles. The fourth-order valence-electron chi connectivity index (χ4n) is 2.10. The van der Waals surface area contributed by atoms with E-state index in [4.69, 9.17) is 4.74 Å². The van der Waals surface area contributed by atoms with Gasteiger partial charge in [0, 0.05) is 13.1 Å². The monoisotopic (exact) mass is 335 g/mol. The third-order valence-electron chi connectivity index (χ3n) is 3.43. The summed E-state index contributed by atoms with van der Waals surface area (Å²) in [6.45, 7) is 5.93. The molecule has 2 aromatic rings. The van der Waals surface area contributed by atoms with Crippen molar-refractivity contribution >= 4 is 17.7 Å². The Morgan fingerprint density at radius 2 is 1.96 bits per heavy atom. The summed E-state index contributed by atoms with van der Waals surface area (Å²) in [7, 11) is 1.64. The minimum absolute atomic E-state index is 0.0963. The van der Waals surface area contributed by atoms with Crippen LogP contribution in [0.15, 0.2) is 29.4 Å². The van der Waals surface area contributed by atoms with Gasteiger partial charge < -0.3 is 9.64 Å². The van der Waals surface area contributed by atoms with Crippen LogP contribution in [0.3, 0.4) is 0 Å². The van der Waals surface area contributed by atoms with E-state index in [1.54, 1.807) is 16.7 Å². The van der Waals surface area contributed by atoms with Crippen LogP contribution < -0.4 is 4.74 Å². The smallest absolute Gasteiger partial charge is 0.233 e. The van der Waals surface area contributed by atoms with E-state index in [2.05, 4.69) is 15.5 Å². The molecule has 8 heteroatoms. The number of hydrogen-bond donors (Lipinski definition) is 0. The number of nitrogens with zero attached hydrogens (tertiary/aromatic N) is 5. The van der Waals surface area contributed by atoms with E-state index in [0.29, 0.717) is 30.5 Å². The van der Waals surface area contributed by atoms with Crippen LogP contribution in [0.4, 0.5) is 0 Å². The first-order valence-corrected chi connectivity index (χ1v) is 8.46. The molecule has 7 nitrogen and oxygen atoms in total. The van der Waals surface area contributed by atoms with Gasteiger partial charge in [-0.15, -0.1) is 5.10 Å². The second-order valence-electron chi connectivity index (χ2n) is 4.82. The van der Waals surface area contributed by atoms with Crippen molar-refractivity contribution in [2.45, 2.75) is 25.5 Å². The zero-order valence-corrected chi connectivity index (χ0v) is 14.4. The Morgan fingerprint density at radius 3 is 2.57 bits per heavy atom. The third-order valence-corrected chi connectivity index (χ3v) is 4.37. The lowest BCUT2D eigenvalue weighted by Crippen LogP contribution is -2.31. The van der Waals surface area contributed by atoms with Crippen LogP contribution in [-0.2, 0) is 11.3 Å². The number of hydrogen-bond acceptors (Lipinski definition) is 6. The van der Waals surface area contributed by atoms with E-state index < -0.39 is 0 Å². The summed E-state index contributed by atoms with van der Waals surface area (Å²) in [6, 6.07) is 7.73. The largest absolute Gasteiger partial charge is 0.497 e. The molecule has 2 rings (SSSR count). The van der Waals surface area contributed by atoms with Gasteiger partial charge in [-0.2, -0.15) is 0 Å². The van der Waals surface area contributed by atoms with E-state index >= 15 is 0 Å². The molecule has 0 aliphatic carbocycles. The molecular weight excluding hydrogens is 314 g/mol. The zero-order valence-electron chi connectivity index (χ0n) is 13.6. The van der Waals surface area contributed by atoms with Crippen molar-refractivity contribution in [1.29, 1.82) is 0 Å². The highest BCUT2D eigenvalue weighted by Crippen LogP contribution is 2.17. The Morgan fingerprint density at radius 1 is 1.26 bits per heavy atom. The third kappa shape index (κ3) is 4.69. The first kappa shape index (κ1) is 17.3. The van der Waals surface area contributed by atoms with Crippen LogP contribution in [0.1, 0.15) is 19.4 Å². The summed E-state index contributed by atoms with van der Waals surface area (Å²) in [4.78, 5) is 13.9. The molecule has 23 heavy (non-hydrogen) atoms. The molecule has 0 bridgehead atoms. The van der Waals surface area contributed by atoms with E-state index in [1.165, 1.54) is 11.8 Å². The molecule has 0 unspecified atom stereocenters. The van der Waals surface area contributed by atoms with E-state index in [1.807, 2.05) is 38.1 Å². The highest BCUT2D eigenvalue weighted by Gasteiger charge is 2.13. The van der Waals surface area contributed by atoms with Crippen molar-refractivity contribution in [1.82, 2.24) is 25.1 Å². The number of ether oxygens (including phenoxy) is 1. The quantitative estimate of drug-likeness (QED) is 0.684. The molecule has 0 saturated heterocycles. The van der Waals surface area contributed by atoms with Crippen LogP contribution in [0.25, 0.3) is 0 Å². The predicted molar refractivity (Wildman–Crippen MR) is 88.6 cm³/mol. The van der Waals surface area contributed by atoms with E-state index in [0.717, 1.165) is 11.3 Å². The summed E-state index contributed by atoms with van der Waals surface area (Å²) < 4.78 is 6.84. The number of thioether (sulfide) groups is 1. The first-order chi connectivity index (χ1) is 11.2. The van der Waals surface area contributed by atoms with Gasteiger partial charge in [-0.1, -0.05) is 23.9 Å². The van der Waals surface area contributed by atoms with Crippen molar-refractivity contribution in [2.24, 2.45) is 0 Å². The predicted octanol–water partition coefficient (Wildman–Crippen LogP) is 1.69. The van der Waals surface area contributed by atoms with Crippen LogP contribution in [0, 0.1) is 0 Å². The summed E-state index contributed by atoms with van der Waals surface area (Å²) in [6.07, 6.45) is 0. The number of carbonyl (C=O) groups excluding carboxylic acids is 1. The lowest BCUT2D eigenvalue weighted by Gasteiger charge is -2.17. The second kappa shape index (κ2) is 8.52. The average Bonchev–Trinajstić information content (AvgIpc) is 3.02. The van der Waals surface area contributed by atoms with Crippen molar-refractivity contribution in [3.8, 4) is 5.75 Å². The highest BCUT2D eigenvalue weighted by atomic mass is 32.2. The normalized spacial score (nSPS) is 10.6. The number of methoxy groups -OCH3 is 1. The minimum atomic E-state index is 0.0963. The Bertz CT molecular complexity index is 625. The second-order valence-corrected chi connectivity index (χ2v) is 5.76. The number of benzene rings is 1. The van der Waals surface area contributed by atoms with E-state index in [9.17, 15) is 4.79 Å². The van der Waals surface area contributed by atoms with Gasteiger partial charge in [0.1, 0.15) is 5.75 Å². The molecule has 0 N–H and O–H groups in total. The molecule has 0 atom stereocenters. The molecule has 1 aromatic heterocycles. The summed E-state index contributed by atoms with van der Waals surface area (Å²) in [5, 5.41) is 12.3. The molecule has 0 spiro atoms. The van der Waals surface area contributed by atoms with Gasteiger partial charge in [0.25, 0.3) is 0 Å². The lowest BCUT2D eigenvalue weighted by molar-refractivity contribution is -0.127. The summed E-state index contributed by atoms with van der Waals surface area (Å²) >= 11 is 1.36. The van der Waals surface area contributed by atoms with Crippen molar-refractivity contribution in [2.75, 3.05) is 26.0 Å². The van der Waals surface area contributed by atoms with Crippen molar-refractivity contribution in [3.05, 3.63) is 29.8 Å². The van der Waals surface area contributed by atoms with Crippen LogP contribution in [-0.4, -0.2) is 57.0 Å². The molecule has 1 heterocycles. The van der Waals surface area contributed by atoms with Gasteiger partial charge in [0.05, 0.1) is 19.4 Å². The number of rotatable bonds is 8. The number of aromatic nitrogens is 4. The Kier molecular flexibility index (Phi) is 6.40. The maximum absolute atomic E-state index is 12.1. The molecule has 1 amide bonds. The molecule has 0 radical (unpaired) electrons. The van der Waals surface area contributed by atoms with Gasteiger partial charge in [0.15, 0.2) is 0 Å². The number of carbonyl (C=O) groups is 1. The van der Waals surface area contributed by atoms with Gasteiger partial charge in [-0.3, -0.25) is 4.79 Å². The maximum Gasteiger partial charge on any atom is 0.233 e. The highest BCUT2D eigenvalue weighted by molar-refractivity contribution is 7.99. The molecule has 0 saturated carbocycles. The van der Waals surface area contributed by atoms with Gasteiger partial charge in [0.2, 0.25) is 11.1 Å². The molecule has 0 aliphatic heterocycles. The summed E-state index contributed by atoms with van der Waals surface area (Å²) in [5.74, 6) is 1.24. The van der Waals surface area contributed by atoms with Crippen LogP contribution in [0.5, 0.6) is 5.75 Å². The molecule has 0 fully saturated rings. The molecule has 124 valence electrons. The Hall–Kier alpha value is -2.09. The first-order valence-electron chi connectivity index (χ1n) is 7.47. The van der Waals surface area contributed by atoms with Gasteiger partial charge in [-0.05, 0) is 42.0 Å². The number of tetrazole rings is 1. The lowest BCUT2D eigenvalue weighted by atomic mass is 10.2.